The third-order valence-corrected chi connectivity index (χ3v) is 3.43. The Bertz CT molecular complexity index is 498. The monoisotopic (exact) mass is 227 g/mol. The average molecular weight is 227 g/mol. The van der Waals surface area contributed by atoms with Gasteiger partial charge in [0.05, 0.1) is 0 Å². The van der Waals surface area contributed by atoms with Crippen LogP contribution in [0.15, 0.2) is 36.4 Å². The van der Waals surface area contributed by atoms with Gasteiger partial charge in [0.25, 0.3) is 0 Å². The summed E-state index contributed by atoms with van der Waals surface area (Å²) in [5.74, 6) is 0. The smallest absolute Gasteiger partial charge is 0.0404 e. The van der Waals surface area contributed by atoms with Gasteiger partial charge in [-0.2, -0.15) is 0 Å². The minimum Gasteiger partial charge on any atom is -0.372 e. The van der Waals surface area contributed by atoms with Crippen LogP contribution in [0.1, 0.15) is 26.3 Å². The van der Waals surface area contributed by atoms with E-state index in [4.69, 9.17) is 0 Å². The van der Waals surface area contributed by atoms with Gasteiger partial charge in [0.15, 0.2) is 0 Å². The highest BCUT2D eigenvalue weighted by atomic mass is 15.1. The molecule has 0 radical (unpaired) electrons. The number of fused-ring (bicyclic) bond motifs is 1. The molecule has 90 valence electrons. The fraction of sp³-hybridized carbons (Fsp3) is 0.375. The van der Waals surface area contributed by atoms with Gasteiger partial charge in [-0.05, 0) is 48.7 Å². The molecule has 0 spiro atoms. The molecule has 0 aliphatic heterocycles. The first kappa shape index (κ1) is 12.0. The molecule has 0 fully saturated rings. The molecule has 0 saturated heterocycles. The molecule has 0 atom stereocenters. The second-order valence-corrected chi connectivity index (χ2v) is 4.35. The van der Waals surface area contributed by atoms with Gasteiger partial charge in [-0.1, -0.05) is 31.2 Å². The third kappa shape index (κ3) is 2.28. The van der Waals surface area contributed by atoms with Gasteiger partial charge < -0.3 is 4.90 Å². The highest BCUT2D eigenvalue weighted by molar-refractivity contribution is 5.87. The Morgan fingerprint density at radius 3 is 2.00 bits per heavy atom. The predicted octanol–water partition coefficient (Wildman–Crippen LogP) is 4.25. The van der Waals surface area contributed by atoms with E-state index in [0.717, 1.165) is 19.5 Å². The Balaban J connectivity index is 2.60. The van der Waals surface area contributed by atoms with Crippen molar-refractivity contribution in [1.29, 1.82) is 0 Å². The maximum absolute atomic E-state index is 2.44. The molecule has 17 heavy (non-hydrogen) atoms. The van der Waals surface area contributed by atoms with Crippen molar-refractivity contribution in [2.24, 2.45) is 0 Å². The molecular weight excluding hydrogens is 206 g/mol. The molecule has 2 rings (SSSR count). The standard InChI is InChI=1S/C16H21N/c1-4-13-11-14-9-7-8-10-15(14)12-16(13)17(5-2)6-3/h7-12H,4-6H2,1-3H3. The lowest BCUT2D eigenvalue weighted by Crippen LogP contribution is -2.23. The Morgan fingerprint density at radius 1 is 0.882 bits per heavy atom. The minimum atomic E-state index is 1.07. The molecule has 0 saturated carbocycles. The van der Waals surface area contributed by atoms with E-state index in [0.29, 0.717) is 0 Å². The first-order valence-corrected chi connectivity index (χ1v) is 6.56. The van der Waals surface area contributed by atoms with E-state index in [1.54, 1.807) is 0 Å². The second kappa shape index (κ2) is 5.22. The summed E-state index contributed by atoms with van der Waals surface area (Å²) in [6.07, 6.45) is 1.09. The topological polar surface area (TPSA) is 3.24 Å². The lowest BCUT2D eigenvalue weighted by Gasteiger charge is -2.24. The zero-order valence-corrected chi connectivity index (χ0v) is 11.0. The van der Waals surface area contributed by atoms with Crippen molar-refractivity contribution >= 4 is 16.5 Å². The van der Waals surface area contributed by atoms with Gasteiger partial charge in [-0.3, -0.25) is 0 Å². The fourth-order valence-electron chi connectivity index (χ4n) is 2.42. The van der Waals surface area contributed by atoms with Crippen LogP contribution in [0.25, 0.3) is 10.8 Å². The van der Waals surface area contributed by atoms with Crippen molar-refractivity contribution in [3.05, 3.63) is 42.0 Å². The van der Waals surface area contributed by atoms with Crippen LogP contribution in [0.5, 0.6) is 0 Å². The van der Waals surface area contributed by atoms with Crippen LogP contribution in [0, 0.1) is 0 Å². The Hall–Kier alpha value is -1.50. The van der Waals surface area contributed by atoms with Crippen LogP contribution in [-0.4, -0.2) is 13.1 Å². The summed E-state index contributed by atoms with van der Waals surface area (Å²) in [7, 11) is 0. The number of hydrogen-bond donors (Lipinski definition) is 0. The summed E-state index contributed by atoms with van der Waals surface area (Å²) in [5, 5.41) is 2.69. The summed E-state index contributed by atoms with van der Waals surface area (Å²) in [4.78, 5) is 2.44. The second-order valence-electron chi connectivity index (χ2n) is 4.35. The molecule has 0 aliphatic rings. The van der Waals surface area contributed by atoms with Gasteiger partial charge in [-0.25, -0.2) is 0 Å². The number of nitrogens with zero attached hydrogens (tertiary/aromatic N) is 1. The van der Waals surface area contributed by atoms with Crippen molar-refractivity contribution in [3.8, 4) is 0 Å². The van der Waals surface area contributed by atoms with Crippen LogP contribution in [0.2, 0.25) is 0 Å². The Kier molecular flexibility index (Phi) is 3.68. The SMILES string of the molecule is CCc1cc2ccccc2cc1N(CC)CC. The molecular formula is C16H21N. The van der Waals surface area contributed by atoms with E-state index < -0.39 is 0 Å². The zero-order valence-electron chi connectivity index (χ0n) is 11.0. The van der Waals surface area contributed by atoms with Crippen molar-refractivity contribution in [2.45, 2.75) is 27.2 Å². The molecule has 0 aliphatic carbocycles. The van der Waals surface area contributed by atoms with Gasteiger partial charge in [-0.15, -0.1) is 0 Å². The molecule has 2 aromatic rings. The first-order valence-electron chi connectivity index (χ1n) is 6.56. The van der Waals surface area contributed by atoms with Crippen molar-refractivity contribution < 1.29 is 0 Å². The molecule has 0 unspecified atom stereocenters. The van der Waals surface area contributed by atoms with E-state index in [-0.39, 0.29) is 0 Å². The summed E-state index contributed by atoms with van der Waals surface area (Å²) >= 11 is 0. The fourth-order valence-corrected chi connectivity index (χ4v) is 2.42. The minimum absolute atomic E-state index is 1.07. The van der Waals surface area contributed by atoms with Crippen LogP contribution >= 0.6 is 0 Å². The van der Waals surface area contributed by atoms with Gasteiger partial charge in [0, 0.05) is 18.8 Å². The van der Waals surface area contributed by atoms with E-state index >= 15 is 0 Å². The number of rotatable bonds is 4. The normalized spacial score (nSPS) is 10.8. The number of anilines is 1. The maximum Gasteiger partial charge on any atom is 0.0404 e. The molecule has 1 heteroatoms. The maximum atomic E-state index is 2.44. The van der Waals surface area contributed by atoms with Crippen LogP contribution in [0.3, 0.4) is 0 Å². The molecule has 0 bridgehead atoms. The summed E-state index contributed by atoms with van der Waals surface area (Å²) in [6, 6.07) is 13.3. The predicted molar refractivity (Wildman–Crippen MR) is 76.9 cm³/mol. The van der Waals surface area contributed by atoms with Gasteiger partial charge in [0.1, 0.15) is 0 Å². The van der Waals surface area contributed by atoms with Gasteiger partial charge >= 0.3 is 0 Å². The first-order chi connectivity index (χ1) is 8.30. The summed E-state index contributed by atoms with van der Waals surface area (Å²) in [6.45, 7) is 8.82. The lowest BCUT2D eigenvalue weighted by atomic mass is 10.0. The van der Waals surface area contributed by atoms with Gasteiger partial charge in [0.2, 0.25) is 0 Å². The largest absolute Gasteiger partial charge is 0.372 e. The van der Waals surface area contributed by atoms with Crippen LogP contribution in [0.4, 0.5) is 5.69 Å². The van der Waals surface area contributed by atoms with Crippen LogP contribution in [-0.2, 0) is 6.42 Å². The zero-order chi connectivity index (χ0) is 12.3. The van der Waals surface area contributed by atoms with Crippen molar-refractivity contribution in [3.63, 3.8) is 0 Å². The number of hydrogen-bond acceptors (Lipinski definition) is 1. The highest BCUT2D eigenvalue weighted by Gasteiger charge is 2.08. The van der Waals surface area contributed by atoms with E-state index in [1.807, 2.05) is 0 Å². The van der Waals surface area contributed by atoms with Crippen molar-refractivity contribution in [2.75, 3.05) is 18.0 Å². The summed E-state index contributed by atoms with van der Waals surface area (Å²) in [5.41, 5.74) is 2.85. The highest BCUT2D eigenvalue weighted by Crippen LogP contribution is 2.27. The lowest BCUT2D eigenvalue weighted by molar-refractivity contribution is 0.857. The van der Waals surface area contributed by atoms with Crippen molar-refractivity contribution in [1.82, 2.24) is 0 Å². The third-order valence-electron chi connectivity index (χ3n) is 3.43. The molecule has 0 amide bonds. The van der Waals surface area contributed by atoms with E-state index in [9.17, 15) is 0 Å². The quantitative estimate of drug-likeness (QED) is 0.754. The van der Waals surface area contributed by atoms with Crippen LogP contribution < -0.4 is 4.90 Å². The summed E-state index contributed by atoms with van der Waals surface area (Å²) < 4.78 is 0. The van der Waals surface area contributed by atoms with E-state index in [2.05, 4.69) is 62.1 Å². The molecule has 0 aromatic heterocycles. The average Bonchev–Trinajstić information content (AvgIpc) is 2.39. The Labute approximate surface area is 104 Å². The molecule has 0 N–H and O–H groups in total. The molecule has 2 aromatic carbocycles. The van der Waals surface area contributed by atoms with E-state index in [1.165, 1.54) is 22.0 Å². The number of aryl methyl sites for hydroxylation is 1. The number of benzene rings is 2. The molecule has 1 nitrogen and oxygen atoms in total. The molecule has 0 heterocycles. The Morgan fingerprint density at radius 2 is 1.47 bits per heavy atom.